The van der Waals surface area contributed by atoms with Crippen LogP contribution < -0.4 is 10.6 Å². The Hall–Kier alpha value is -1.89. The summed E-state index contributed by atoms with van der Waals surface area (Å²) in [5.74, 6) is 1.37. The Morgan fingerprint density at radius 2 is 2.15 bits per heavy atom. The van der Waals surface area contributed by atoms with Crippen LogP contribution in [-0.2, 0) is 4.74 Å². The van der Waals surface area contributed by atoms with Crippen LogP contribution in [0, 0.1) is 5.41 Å². The summed E-state index contributed by atoms with van der Waals surface area (Å²) < 4.78 is 5.43. The maximum atomic E-state index is 5.43. The third-order valence-electron chi connectivity index (χ3n) is 3.89. The van der Waals surface area contributed by atoms with Crippen LogP contribution in [0.4, 0.5) is 11.8 Å². The number of aromatic nitrogens is 4. The predicted molar refractivity (Wildman–Crippen MR) is 77.9 cm³/mol. The van der Waals surface area contributed by atoms with E-state index in [0.29, 0.717) is 11.6 Å². The Balaban J connectivity index is 1.81. The number of aromatic amines is 1. The van der Waals surface area contributed by atoms with Gasteiger partial charge >= 0.3 is 0 Å². The summed E-state index contributed by atoms with van der Waals surface area (Å²) in [6, 6.07) is 0. The number of hydrogen-bond acceptors (Lipinski definition) is 6. The van der Waals surface area contributed by atoms with Gasteiger partial charge in [-0.1, -0.05) is 6.92 Å². The molecule has 3 heterocycles. The van der Waals surface area contributed by atoms with Crippen LogP contribution in [0.3, 0.4) is 0 Å². The molecule has 7 nitrogen and oxygen atoms in total. The number of anilines is 2. The maximum absolute atomic E-state index is 5.43. The quantitative estimate of drug-likeness (QED) is 0.786. The summed E-state index contributed by atoms with van der Waals surface area (Å²) in [5, 5.41) is 6.40. The average Bonchev–Trinajstić information content (AvgIpc) is 2.93. The lowest BCUT2D eigenvalue weighted by Crippen LogP contribution is -2.33. The molecule has 0 aliphatic carbocycles. The van der Waals surface area contributed by atoms with Gasteiger partial charge in [0.25, 0.3) is 0 Å². The molecule has 2 aromatic rings. The molecule has 2 aromatic heterocycles. The van der Waals surface area contributed by atoms with E-state index in [1.54, 1.807) is 13.4 Å². The molecule has 20 heavy (non-hydrogen) atoms. The van der Waals surface area contributed by atoms with Crippen LogP contribution >= 0.6 is 0 Å². The third-order valence-corrected chi connectivity index (χ3v) is 3.89. The summed E-state index contributed by atoms with van der Waals surface area (Å²) in [5.41, 5.74) is 1.76. The molecule has 1 fully saturated rings. The van der Waals surface area contributed by atoms with E-state index in [4.69, 9.17) is 4.74 Å². The molecule has 1 saturated heterocycles. The minimum absolute atomic E-state index is 0.245. The molecule has 0 aromatic carbocycles. The van der Waals surface area contributed by atoms with E-state index in [1.165, 1.54) is 0 Å². The van der Waals surface area contributed by atoms with E-state index in [2.05, 4.69) is 37.5 Å². The van der Waals surface area contributed by atoms with E-state index in [-0.39, 0.29) is 5.41 Å². The molecule has 0 amide bonds. The van der Waals surface area contributed by atoms with Crippen molar-refractivity contribution in [3.8, 4) is 0 Å². The smallest absolute Gasteiger partial charge is 0.226 e. The van der Waals surface area contributed by atoms with Crippen molar-refractivity contribution < 1.29 is 4.74 Å². The first kappa shape index (κ1) is 13.1. The average molecular weight is 276 g/mol. The van der Waals surface area contributed by atoms with Crippen molar-refractivity contribution in [2.45, 2.75) is 19.8 Å². The number of nitrogens with one attached hydrogen (secondary N) is 3. The Kier molecular flexibility index (Phi) is 3.43. The van der Waals surface area contributed by atoms with Gasteiger partial charge in [-0.05, 0) is 18.3 Å². The van der Waals surface area contributed by atoms with Crippen LogP contribution in [0.1, 0.15) is 19.8 Å². The van der Waals surface area contributed by atoms with Gasteiger partial charge < -0.3 is 20.4 Å². The maximum Gasteiger partial charge on any atom is 0.226 e. The molecule has 108 valence electrons. The number of H-pyrrole nitrogens is 1. The number of fused-ring (bicyclic) bond motifs is 1. The molecule has 0 unspecified atom stereocenters. The second-order valence-electron chi connectivity index (χ2n) is 5.52. The minimum Gasteiger partial charge on any atom is -0.381 e. The van der Waals surface area contributed by atoms with Crippen molar-refractivity contribution in [2.75, 3.05) is 37.4 Å². The first-order chi connectivity index (χ1) is 9.70. The summed E-state index contributed by atoms with van der Waals surface area (Å²) in [7, 11) is 1.80. The molecule has 0 spiro atoms. The molecular formula is C13H20N6O. The SMILES string of the molecule is CNc1nc(NCC2(C)CCOCC2)c2[nH]cnc2n1. The van der Waals surface area contributed by atoms with Gasteiger partial charge in [0.05, 0.1) is 6.33 Å². The number of imidazole rings is 1. The van der Waals surface area contributed by atoms with Gasteiger partial charge in [-0.3, -0.25) is 0 Å². The molecular weight excluding hydrogens is 256 g/mol. The van der Waals surface area contributed by atoms with E-state index in [9.17, 15) is 0 Å². The zero-order valence-electron chi connectivity index (χ0n) is 11.9. The second-order valence-corrected chi connectivity index (χ2v) is 5.52. The van der Waals surface area contributed by atoms with Crippen molar-refractivity contribution >= 4 is 22.9 Å². The van der Waals surface area contributed by atoms with Crippen molar-refractivity contribution in [1.82, 2.24) is 19.9 Å². The van der Waals surface area contributed by atoms with Crippen LogP contribution in [-0.4, -0.2) is 46.7 Å². The molecule has 0 radical (unpaired) electrons. The molecule has 1 aliphatic heterocycles. The minimum atomic E-state index is 0.245. The fourth-order valence-corrected chi connectivity index (χ4v) is 2.41. The highest BCUT2D eigenvalue weighted by molar-refractivity contribution is 5.83. The summed E-state index contributed by atoms with van der Waals surface area (Å²) in [6.45, 7) is 4.82. The van der Waals surface area contributed by atoms with Gasteiger partial charge in [0, 0.05) is 26.8 Å². The zero-order chi connectivity index (χ0) is 14.0. The standard InChI is InChI=1S/C13H20N6O/c1-13(3-5-20-6-4-13)7-15-10-9-11(17-8-16-9)19-12(14-2)18-10/h8H,3-7H2,1-2H3,(H3,14,15,16,17,18,19). The van der Waals surface area contributed by atoms with Gasteiger partial charge in [-0.25, -0.2) is 4.98 Å². The normalized spacial score (nSPS) is 18.1. The number of nitrogens with zero attached hydrogens (tertiary/aromatic N) is 3. The highest BCUT2D eigenvalue weighted by atomic mass is 16.5. The first-order valence-electron chi connectivity index (χ1n) is 6.91. The first-order valence-corrected chi connectivity index (χ1v) is 6.91. The fourth-order valence-electron chi connectivity index (χ4n) is 2.41. The zero-order valence-corrected chi connectivity index (χ0v) is 11.9. The van der Waals surface area contributed by atoms with Crippen LogP contribution in [0.15, 0.2) is 6.33 Å². The van der Waals surface area contributed by atoms with Gasteiger partial charge in [0.15, 0.2) is 11.5 Å². The lowest BCUT2D eigenvalue weighted by atomic mass is 9.82. The molecule has 0 bridgehead atoms. The summed E-state index contributed by atoms with van der Waals surface area (Å²) in [6.07, 6.45) is 3.77. The monoisotopic (exact) mass is 276 g/mol. The highest BCUT2D eigenvalue weighted by Gasteiger charge is 2.27. The molecule has 1 aliphatic rings. The molecule has 3 N–H and O–H groups in total. The Labute approximate surface area is 117 Å². The lowest BCUT2D eigenvalue weighted by molar-refractivity contribution is 0.0300. The number of ether oxygens (including phenoxy) is 1. The van der Waals surface area contributed by atoms with Crippen molar-refractivity contribution in [3.63, 3.8) is 0 Å². The predicted octanol–water partition coefficient (Wildman–Crippen LogP) is 1.62. The Morgan fingerprint density at radius 3 is 2.90 bits per heavy atom. The Bertz CT molecular complexity index is 590. The lowest BCUT2D eigenvalue weighted by Gasteiger charge is -2.33. The Morgan fingerprint density at radius 1 is 1.35 bits per heavy atom. The van der Waals surface area contributed by atoms with Crippen LogP contribution in [0.5, 0.6) is 0 Å². The van der Waals surface area contributed by atoms with Gasteiger partial charge in [-0.15, -0.1) is 0 Å². The number of rotatable bonds is 4. The largest absolute Gasteiger partial charge is 0.381 e. The number of hydrogen-bond donors (Lipinski definition) is 3. The van der Waals surface area contributed by atoms with Gasteiger partial charge in [-0.2, -0.15) is 9.97 Å². The molecule has 3 rings (SSSR count). The highest BCUT2D eigenvalue weighted by Crippen LogP contribution is 2.30. The van der Waals surface area contributed by atoms with Gasteiger partial charge in [0.2, 0.25) is 5.95 Å². The third kappa shape index (κ3) is 2.53. The fraction of sp³-hybridized carbons (Fsp3) is 0.615. The second kappa shape index (κ2) is 5.24. The summed E-state index contributed by atoms with van der Waals surface area (Å²) in [4.78, 5) is 16.1. The van der Waals surface area contributed by atoms with E-state index in [0.717, 1.165) is 43.9 Å². The summed E-state index contributed by atoms with van der Waals surface area (Å²) >= 11 is 0. The topological polar surface area (TPSA) is 87.8 Å². The van der Waals surface area contributed by atoms with Crippen molar-refractivity contribution in [2.24, 2.45) is 5.41 Å². The van der Waals surface area contributed by atoms with E-state index in [1.807, 2.05) is 0 Å². The van der Waals surface area contributed by atoms with E-state index < -0.39 is 0 Å². The van der Waals surface area contributed by atoms with Crippen molar-refractivity contribution in [1.29, 1.82) is 0 Å². The van der Waals surface area contributed by atoms with E-state index >= 15 is 0 Å². The van der Waals surface area contributed by atoms with Crippen molar-refractivity contribution in [3.05, 3.63) is 6.33 Å². The molecule has 7 heteroatoms. The molecule has 0 saturated carbocycles. The van der Waals surface area contributed by atoms with Crippen LogP contribution in [0.2, 0.25) is 0 Å². The van der Waals surface area contributed by atoms with Gasteiger partial charge in [0.1, 0.15) is 5.52 Å². The van der Waals surface area contributed by atoms with Crippen LogP contribution in [0.25, 0.3) is 11.2 Å². The molecule has 0 atom stereocenters.